The fourth-order valence-corrected chi connectivity index (χ4v) is 5.12. The first kappa shape index (κ1) is 26.7. The molecule has 0 aliphatic heterocycles. The van der Waals surface area contributed by atoms with Crippen LogP contribution in [0.3, 0.4) is 0 Å². The summed E-state index contributed by atoms with van der Waals surface area (Å²) in [6.07, 6.45) is 15.8. The van der Waals surface area contributed by atoms with E-state index < -0.39 is 11.8 Å². The van der Waals surface area contributed by atoms with E-state index in [0.29, 0.717) is 17.2 Å². The van der Waals surface area contributed by atoms with Crippen molar-refractivity contribution in [1.29, 1.82) is 5.26 Å². The van der Waals surface area contributed by atoms with Crippen molar-refractivity contribution in [2.45, 2.75) is 89.9 Å². The molecule has 0 heterocycles. The number of benzene rings is 2. The summed E-state index contributed by atoms with van der Waals surface area (Å²) in [4.78, 5) is 12.7. The van der Waals surface area contributed by atoms with Gasteiger partial charge in [-0.1, -0.05) is 64.4 Å². The van der Waals surface area contributed by atoms with Gasteiger partial charge in [0.25, 0.3) is 0 Å². The zero-order valence-corrected chi connectivity index (χ0v) is 21.2. The molecule has 0 atom stereocenters. The molecule has 2 aromatic rings. The minimum absolute atomic E-state index is 0.0527. The van der Waals surface area contributed by atoms with E-state index in [0.717, 1.165) is 12.0 Å². The molecule has 0 bridgehead atoms. The first-order valence-electron chi connectivity index (χ1n) is 13.2. The highest BCUT2D eigenvalue weighted by atomic mass is 19.1. The minimum Gasteiger partial charge on any atom is -0.496 e. The Morgan fingerprint density at radius 1 is 1.00 bits per heavy atom. The second-order valence-electron chi connectivity index (χ2n) is 9.73. The largest absolute Gasteiger partial charge is 0.496 e. The minimum atomic E-state index is -0.720. The number of esters is 1. The van der Waals surface area contributed by atoms with Gasteiger partial charge in [0.1, 0.15) is 28.9 Å². The number of hydrogen-bond acceptors (Lipinski definition) is 4. The van der Waals surface area contributed by atoms with Crippen molar-refractivity contribution in [3.05, 3.63) is 58.9 Å². The predicted molar refractivity (Wildman–Crippen MR) is 136 cm³/mol. The Balaban J connectivity index is 1.51. The molecule has 35 heavy (non-hydrogen) atoms. The van der Waals surface area contributed by atoms with E-state index in [-0.39, 0.29) is 11.3 Å². The van der Waals surface area contributed by atoms with Crippen molar-refractivity contribution in [2.24, 2.45) is 5.92 Å². The zero-order chi connectivity index (χ0) is 25.0. The van der Waals surface area contributed by atoms with Crippen molar-refractivity contribution in [3.63, 3.8) is 0 Å². The van der Waals surface area contributed by atoms with Gasteiger partial charge in [-0.3, -0.25) is 0 Å². The third-order valence-corrected chi connectivity index (χ3v) is 7.25. The van der Waals surface area contributed by atoms with Crippen LogP contribution >= 0.6 is 0 Å². The van der Waals surface area contributed by atoms with E-state index in [1.54, 1.807) is 12.1 Å². The van der Waals surface area contributed by atoms with E-state index in [1.807, 2.05) is 12.1 Å². The van der Waals surface area contributed by atoms with Gasteiger partial charge in [-0.2, -0.15) is 5.26 Å². The van der Waals surface area contributed by atoms with Crippen LogP contribution in [0.25, 0.3) is 0 Å². The van der Waals surface area contributed by atoms with Crippen LogP contribution < -0.4 is 9.47 Å². The molecule has 1 fully saturated rings. The smallest absolute Gasteiger partial charge is 0.347 e. The molecule has 3 rings (SSSR count). The summed E-state index contributed by atoms with van der Waals surface area (Å²) < 4.78 is 24.7. The molecule has 0 unspecified atom stereocenters. The lowest BCUT2D eigenvalue weighted by Crippen LogP contribution is -2.15. The van der Waals surface area contributed by atoms with Crippen molar-refractivity contribution < 1.29 is 18.7 Å². The normalized spacial score (nSPS) is 17.5. The molecule has 0 aromatic heterocycles. The van der Waals surface area contributed by atoms with Gasteiger partial charge in [0.05, 0.1) is 12.7 Å². The van der Waals surface area contributed by atoms with Crippen molar-refractivity contribution in [3.8, 4) is 17.6 Å². The maximum atomic E-state index is 13.8. The number of nitriles is 1. The maximum Gasteiger partial charge on any atom is 0.347 e. The summed E-state index contributed by atoms with van der Waals surface area (Å²) in [7, 11) is 1.54. The molecule has 1 aliphatic carbocycles. The van der Waals surface area contributed by atoms with E-state index in [2.05, 4.69) is 6.92 Å². The molecule has 2 aromatic carbocycles. The van der Waals surface area contributed by atoms with Crippen molar-refractivity contribution >= 4 is 5.97 Å². The molecule has 0 N–H and O–H groups in total. The molecule has 0 spiro atoms. The Hall–Kier alpha value is -2.87. The second kappa shape index (κ2) is 13.9. The lowest BCUT2D eigenvalue weighted by molar-refractivity contribution is 0.0731. The average Bonchev–Trinajstić information content (AvgIpc) is 2.88. The van der Waals surface area contributed by atoms with Gasteiger partial charge in [0, 0.05) is 6.07 Å². The molecule has 1 saturated carbocycles. The van der Waals surface area contributed by atoms with Crippen LogP contribution in [0.15, 0.2) is 36.4 Å². The van der Waals surface area contributed by atoms with Gasteiger partial charge in [-0.25, -0.2) is 9.18 Å². The number of carbonyl (C=O) groups excluding carboxylic acids is 1. The van der Waals surface area contributed by atoms with E-state index in [1.165, 1.54) is 102 Å². The van der Waals surface area contributed by atoms with Crippen molar-refractivity contribution in [1.82, 2.24) is 0 Å². The number of hydrogen-bond donors (Lipinski definition) is 0. The third kappa shape index (κ3) is 7.82. The Morgan fingerprint density at radius 3 is 2.37 bits per heavy atom. The predicted octanol–water partition coefficient (Wildman–Crippen LogP) is 8.34. The third-order valence-electron chi connectivity index (χ3n) is 7.25. The van der Waals surface area contributed by atoms with Gasteiger partial charge in [-0.15, -0.1) is 0 Å². The first-order chi connectivity index (χ1) is 17.0. The van der Waals surface area contributed by atoms with Gasteiger partial charge in [-0.05, 0) is 67.3 Å². The van der Waals surface area contributed by atoms with Crippen LogP contribution in [0.4, 0.5) is 4.39 Å². The average molecular weight is 480 g/mol. The molecule has 0 radical (unpaired) electrons. The lowest BCUT2D eigenvalue weighted by atomic mass is 9.77. The summed E-state index contributed by atoms with van der Waals surface area (Å²) in [5.41, 5.74) is 1.40. The monoisotopic (exact) mass is 479 g/mol. The highest BCUT2D eigenvalue weighted by Crippen LogP contribution is 2.39. The van der Waals surface area contributed by atoms with Gasteiger partial charge in [0.15, 0.2) is 0 Å². The summed E-state index contributed by atoms with van der Waals surface area (Å²) in [6, 6.07) is 11.2. The van der Waals surface area contributed by atoms with Crippen LogP contribution in [-0.4, -0.2) is 13.1 Å². The quantitative estimate of drug-likeness (QED) is 0.174. The molecule has 1 aliphatic rings. The number of nitrogens with zero attached hydrogens (tertiary/aromatic N) is 1. The van der Waals surface area contributed by atoms with Gasteiger partial charge >= 0.3 is 5.97 Å². The number of unbranched alkanes of at least 4 members (excludes halogenated alkanes) is 6. The van der Waals surface area contributed by atoms with Crippen molar-refractivity contribution in [2.75, 3.05) is 7.11 Å². The summed E-state index contributed by atoms with van der Waals surface area (Å²) >= 11 is 0. The SMILES string of the molecule is CCCCCCCCCC1CCC(c2ccc(C(=O)Oc3ccc(C#N)c(F)c3)c(OC)c2)CC1. The van der Waals surface area contributed by atoms with E-state index in [9.17, 15) is 9.18 Å². The van der Waals surface area contributed by atoms with Crippen LogP contribution in [0, 0.1) is 23.1 Å². The number of methoxy groups -OCH3 is 1. The number of halogens is 1. The highest BCUT2D eigenvalue weighted by molar-refractivity contribution is 5.94. The molecule has 0 saturated heterocycles. The molecular weight excluding hydrogens is 441 g/mol. The number of carbonyl (C=O) groups is 1. The topological polar surface area (TPSA) is 59.3 Å². The molecule has 188 valence electrons. The molecule has 5 heteroatoms. The van der Waals surface area contributed by atoms with Crippen LogP contribution in [0.2, 0.25) is 0 Å². The summed E-state index contributed by atoms with van der Waals surface area (Å²) in [5.74, 6) is 0.500. The standard InChI is InChI=1S/C30H38FNO3/c1-3-4-5-6-7-8-9-10-22-11-13-23(14-12-22)24-16-18-27(29(19-24)34-2)30(33)35-26-17-15-25(21-32)28(31)20-26/h15-20,22-23H,3-14H2,1-2H3. The molecule has 4 nitrogen and oxygen atoms in total. The van der Waals surface area contributed by atoms with Crippen LogP contribution in [0.1, 0.15) is 111 Å². The second-order valence-corrected chi connectivity index (χ2v) is 9.73. The summed E-state index contributed by atoms with van der Waals surface area (Å²) in [6.45, 7) is 2.26. The van der Waals surface area contributed by atoms with E-state index in [4.69, 9.17) is 14.7 Å². The number of rotatable bonds is 12. The fraction of sp³-hybridized carbons (Fsp3) is 0.533. The van der Waals surface area contributed by atoms with Gasteiger partial charge < -0.3 is 9.47 Å². The molecular formula is C30H38FNO3. The van der Waals surface area contributed by atoms with Gasteiger partial charge in [0.2, 0.25) is 0 Å². The number of ether oxygens (including phenoxy) is 2. The molecule has 0 amide bonds. The Morgan fingerprint density at radius 2 is 1.71 bits per heavy atom. The van der Waals surface area contributed by atoms with Crippen LogP contribution in [0.5, 0.6) is 11.5 Å². The first-order valence-corrected chi connectivity index (χ1v) is 13.2. The summed E-state index contributed by atoms with van der Waals surface area (Å²) in [5, 5.41) is 8.85. The zero-order valence-electron chi connectivity index (χ0n) is 21.2. The van der Waals surface area contributed by atoms with Crippen LogP contribution in [-0.2, 0) is 0 Å². The highest BCUT2D eigenvalue weighted by Gasteiger charge is 2.24. The Labute approximate surface area is 209 Å². The van der Waals surface area contributed by atoms with E-state index >= 15 is 0 Å². The Kier molecular flexibility index (Phi) is 10.6. The lowest BCUT2D eigenvalue weighted by Gasteiger charge is -2.29. The fourth-order valence-electron chi connectivity index (χ4n) is 5.12. The Bertz CT molecular complexity index is 1010. The maximum absolute atomic E-state index is 13.8.